The van der Waals surface area contributed by atoms with E-state index in [9.17, 15) is 5.11 Å². The van der Waals surface area contributed by atoms with Crippen LogP contribution < -0.4 is 5.32 Å². The number of benzene rings is 4. The topological polar surface area (TPSA) is 32.3 Å². The van der Waals surface area contributed by atoms with Crippen LogP contribution in [0.25, 0.3) is 10.8 Å². The molecule has 2 nitrogen and oxygen atoms in total. The minimum absolute atomic E-state index is 0.0225. The molecule has 0 aliphatic rings. The number of rotatable bonds is 6. The molecule has 0 aliphatic heterocycles. The van der Waals surface area contributed by atoms with E-state index >= 15 is 0 Å². The van der Waals surface area contributed by atoms with E-state index in [0.29, 0.717) is 6.42 Å². The monoisotopic (exact) mass is 509 g/mol. The van der Waals surface area contributed by atoms with Crippen LogP contribution in [0, 0.1) is 0 Å². The first-order chi connectivity index (χ1) is 14.1. The fourth-order valence-corrected chi connectivity index (χ4v) is 4.02. The van der Waals surface area contributed by atoms with E-state index in [1.165, 1.54) is 5.39 Å². The fraction of sp³-hybridized carbons (Fsp3) is 0.120. The maximum Gasteiger partial charge on any atom is 0.0813 e. The molecule has 0 fully saturated rings. The largest absolute Gasteiger partial charge is 0.388 e. The summed E-state index contributed by atoms with van der Waals surface area (Å²) in [6.07, 6.45) is -0.00745. The van der Waals surface area contributed by atoms with Crippen LogP contribution >= 0.6 is 31.9 Å². The zero-order chi connectivity index (χ0) is 20.2. The molecule has 4 heteroatoms. The van der Waals surface area contributed by atoms with Crippen molar-refractivity contribution < 1.29 is 5.11 Å². The summed E-state index contributed by atoms with van der Waals surface area (Å²) in [7, 11) is 0. The summed E-state index contributed by atoms with van der Waals surface area (Å²) in [6.45, 7) is 0. The normalized spacial score (nSPS) is 13.2. The average molecular weight is 511 g/mol. The standard InChI is InChI=1S/C25H21Br2NO/c26-21-9-7-18(8-10-21)24(28-23-13-11-22(27)12-14-23)16-25(29)20-6-5-17-3-1-2-4-19(17)15-20/h1-15,24-25,28-29H,16H2. The highest BCUT2D eigenvalue weighted by molar-refractivity contribution is 9.10. The van der Waals surface area contributed by atoms with Gasteiger partial charge >= 0.3 is 0 Å². The Kier molecular flexibility index (Phi) is 6.34. The predicted molar refractivity (Wildman–Crippen MR) is 128 cm³/mol. The molecule has 0 heterocycles. The molecule has 2 unspecified atom stereocenters. The summed E-state index contributed by atoms with van der Waals surface area (Å²) in [5, 5.41) is 16.9. The van der Waals surface area contributed by atoms with Crippen molar-refractivity contribution in [2.24, 2.45) is 0 Å². The van der Waals surface area contributed by atoms with E-state index in [-0.39, 0.29) is 6.04 Å². The summed E-state index contributed by atoms with van der Waals surface area (Å²) in [4.78, 5) is 0. The first-order valence-electron chi connectivity index (χ1n) is 9.53. The number of halogens is 2. The van der Waals surface area contributed by atoms with Gasteiger partial charge in [-0.3, -0.25) is 0 Å². The van der Waals surface area contributed by atoms with Crippen molar-refractivity contribution in [3.8, 4) is 0 Å². The van der Waals surface area contributed by atoms with Gasteiger partial charge in [0.05, 0.1) is 12.1 Å². The van der Waals surface area contributed by atoms with Crippen LogP contribution in [0.15, 0.2) is 99.9 Å². The van der Waals surface area contributed by atoms with Gasteiger partial charge in [0, 0.05) is 21.1 Å². The number of aliphatic hydroxyl groups is 1. The Balaban J connectivity index is 1.60. The molecule has 0 aromatic heterocycles. The number of hydrogen-bond donors (Lipinski definition) is 2. The molecular weight excluding hydrogens is 490 g/mol. The second kappa shape index (κ2) is 9.12. The van der Waals surface area contributed by atoms with Gasteiger partial charge in [0.15, 0.2) is 0 Å². The SMILES string of the molecule is OC(CC(Nc1ccc(Br)cc1)c1ccc(Br)cc1)c1ccc2ccccc2c1. The highest BCUT2D eigenvalue weighted by Crippen LogP contribution is 2.32. The maximum absolute atomic E-state index is 11.0. The van der Waals surface area contributed by atoms with Crippen LogP contribution in [-0.4, -0.2) is 5.11 Å². The van der Waals surface area contributed by atoms with Gasteiger partial charge in [-0.2, -0.15) is 0 Å². The Bertz CT molecular complexity index is 1090. The Morgan fingerprint density at radius 3 is 1.97 bits per heavy atom. The Labute approximate surface area is 187 Å². The Morgan fingerprint density at radius 2 is 1.28 bits per heavy atom. The molecule has 2 N–H and O–H groups in total. The van der Waals surface area contributed by atoms with Gasteiger partial charge in [0.25, 0.3) is 0 Å². The zero-order valence-corrected chi connectivity index (χ0v) is 18.9. The van der Waals surface area contributed by atoms with Gasteiger partial charge in [-0.05, 0) is 64.4 Å². The third-order valence-electron chi connectivity index (χ3n) is 5.07. The van der Waals surface area contributed by atoms with Crippen LogP contribution in [0.4, 0.5) is 5.69 Å². The number of hydrogen-bond acceptors (Lipinski definition) is 2. The lowest BCUT2D eigenvalue weighted by Gasteiger charge is -2.24. The van der Waals surface area contributed by atoms with E-state index in [1.54, 1.807) is 0 Å². The van der Waals surface area contributed by atoms with Crippen LogP contribution in [-0.2, 0) is 0 Å². The van der Waals surface area contributed by atoms with E-state index in [1.807, 2.05) is 54.6 Å². The molecule has 0 radical (unpaired) electrons. The van der Waals surface area contributed by atoms with Crippen LogP contribution in [0.3, 0.4) is 0 Å². The summed E-state index contributed by atoms with van der Waals surface area (Å²) >= 11 is 6.99. The third kappa shape index (κ3) is 5.08. The van der Waals surface area contributed by atoms with E-state index in [0.717, 1.165) is 31.1 Å². The van der Waals surface area contributed by atoms with Gasteiger partial charge in [-0.15, -0.1) is 0 Å². The number of fused-ring (bicyclic) bond motifs is 1. The number of anilines is 1. The molecule has 0 saturated heterocycles. The molecule has 0 amide bonds. The minimum Gasteiger partial charge on any atom is -0.388 e. The predicted octanol–water partition coefficient (Wildman–Crippen LogP) is 7.64. The first-order valence-corrected chi connectivity index (χ1v) is 11.1. The third-order valence-corrected chi connectivity index (χ3v) is 6.13. The number of nitrogens with one attached hydrogen (secondary N) is 1. The lowest BCUT2D eigenvalue weighted by atomic mass is 9.95. The molecule has 2 atom stereocenters. The van der Waals surface area contributed by atoms with Gasteiger partial charge < -0.3 is 10.4 Å². The van der Waals surface area contributed by atoms with Crippen LogP contribution in [0.5, 0.6) is 0 Å². The van der Waals surface area contributed by atoms with Crippen LogP contribution in [0.1, 0.15) is 29.7 Å². The molecule has 0 aliphatic carbocycles. The molecule has 4 aromatic carbocycles. The second-order valence-corrected chi connectivity index (χ2v) is 8.94. The average Bonchev–Trinajstić information content (AvgIpc) is 2.75. The van der Waals surface area contributed by atoms with Crippen molar-refractivity contribution in [3.05, 3.63) is 111 Å². The number of aliphatic hydroxyl groups excluding tert-OH is 1. The van der Waals surface area contributed by atoms with Gasteiger partial charge in [-0.1, -0.05) is 80.4 Å². The minimum atomic E-state index is -0.573. The zero-order valence-electron chi connectivity index (χ0n) is 15.7. The van der Waals surface area contributed by atoms with Crippen molar-refractivity contribution in [1.82, 2.24) is 0 Å². The summed E-state index contributed by atoms with van der Waals surface area (Å²) in [6, 6.07) is 30.7. The quantitative estimate of drug-likeness (QED) is 0.279. The molecule has 29 heavy (non-hydrogen) atoms. The van der Waals surface area contributed by atoms with Crippen molar-refractivity contribution in [2.45, 2.75) is 18.6 Å². The van der Waals surface area contributed by atoms with E-state index < -0.39 is 6.10 Å². The lowest BCUT2D eigenvalue weighted by Crippen LogP contribution is -2.15. The van der Waals surface area contributed by atoms with Gasteiger partial charge in [0.1, 0.15) is 0 Å². The Morgan fingerprint density at radius 1 is 0.690 bits per heavy atom. The summed E-state index contributed by atoms with van der Waals surface area (Å²) in [5.74, 6) is 0. The maximum atomic E-state index is 11.0. The molecule has 146 valence electrons. The lowest BCUT2D eigenvalue weighted by molar-refractivity contribution is 0.161. The van der Waals surface area contributed by atoms with Crippen molar-refractivity contribution in [3.63, 3.8) is 0 Å². The van der Waals surface area contributed by atoms with Gasteiger partial charge in [0.2, 0.25) is 0 Å². The van der Waals surface area contributed by atoms with Crippen LogP contribution in [0.2, 0.25) is 0 Å². The van der Waals surface area contributed by atoms with Crippen molar-refractivity contribution in [1.29, 1.82) is 0 Å². The van der Waals surface area contributed by atoms with E-state index in [2.05, 4.69) is 73.6 Å². The molecule has 0 saturated carbocycles. The summed E-state index contributed by atoms with van der Waals surface area (Å²) in [5.41, 5.74) is 3.09. The highest BCUT2D eigenvalue weighted by Gasteiger charge is 2.18. The Hall–Kier alpha value is -2.14. The molecule has 0 spiro atoms. The molecule has 0 bridgehead atoms. The first kappa shape index (κ1) is 20.1. The molecular formula is C25H21Br2NO. The van der Waals surface area contributed by atoms with Crippen molar-refractivity contribution >= 4 is 48.3 Å². The smallest absolute Gasteiger partial charge is 0.0813 e. The second-order valence-electron chi connectivity index (χ2n) is 7.11. The van der Waals surface area contributed by atoms with E-state index in [4.69, 9.17) is 0 Å². The molecule has 4 rings (SSSR count). The molecule has 4 aromatic rings. The van der Waals surface area contributed by atoms with Crippen molar-refractivity contribution in [2.75, 3.05) is 5.32 Å². The van der Waals surface area contributed by atoms with Gasteiger partial charge in [-0.25, -0.2) is 0 Å². The summed E-state index contributed by atoms with van der Waals surface area (Å²) < 4.78 is 2.08. The fourth-order valence-electron chi connectivity index (χ4n) is 3.50. The highest BCUT2D eigenvalue weighted by atomic mass is 79.9.